The highest BCUT2D eigenvalue weighted by Gasteiger charge is 2.18. The van der Waals surface area contributed by atoms with Gasteiger partial charge in [-0.2, -0.15) is 0 Å². The first-order valence-corrected chi connectivity index (χ1v) is 12.7. The number of rotatable bonds is 10. The molecule has 0 bridgehead atoms. The molecular formula is C32H35NO3. The molecule has 0 spiro atoms. The van der Waals surface area contributed by atoms with Crippen LogP contribution in [0.5, 0.6) is 23.0 Å². The van der Waals surface area contributed by atoms with Crippen molar-refractivity contribution in [3.05, 3.63) is 101 Å². The number of hydrogen-bond acceptors (Lipinski definition) is 4. The van der Waals surface area contributed by atoms with Gasteiger partial charge in [-0.05, 0) is 81.1 Å². The van der Waals surface area contributed by atoms with Crippen LogP contribution in [0.1, 0.15) is 50.1 Å². The SMILES string of the molecule is CCc1cccc(CC)c1-c1cc(OC(C)C)c(COc2ccc(Oc3ccccc3)cc2)c(C)n1. The van der Waals surface area contributed by atoms with E-state index in [0.29, 0.717) is 6.61 Å². The second kappa shape index (κ2) is 11.8. The molecule has 0 aliphatic heterocycles. The molecule has 0 amide bonds. The Morgan fingerprint density at radius 3 is 1.97 bits per heavy atom. The number of ether oxygens (including phenoxy) is 3. The molecule has 0 unspecified atom stereocenters. The van der Waals surface area contributed by atoms with E-state index in [1.165, 1.54) is 16.7 Å². The molecule has 0 fully saturated rings. The first-order valence-electron chi connectivity index (χ1n) is 12.7. The zero-order chi connectivity index (χ0) is 25.5. The molecule has 4 heteroatoms. The second-order valence-electron chi connectivity index (χ2n) is 9.07. The van der Waals surface area contributed by atoms with E-state index in [2.05, 4.69) is 38.1 Å². The average molecular weight is 482 g/mol. The third kappa shape index (κ3) is 6.06. The fourth-order valence-corrected chi connectivity index (χ4v) is 4.29. The van der Waals surface area contributed by atoms with Crippen LogP contribution in [0.4, 0.5) is 0 Å². The first kappa shape index (κ1) is 25.3. The smallest absolute Gasteiger partial charge is 0.130 e. The van der Waals surface area contributed by atoms with Crippen molar-refractivity contribution in [1.29, 1.82) is 0 Å². The fourth-order valence-electron chi connectivity index (χ4n) is 4.29. The van der Waals surface area contributed by atoms with Crippen molar-refractivity contribution in [2.75, 3.05) is 0 Å². The second-order valence-corrected chi connectivity index (χ2v) is 9.07. The predicted octanol–water partition coefficient (Wildman–Crippen LogP) is 8.34. The van der Waals surface area contributed by atoms with Crippen LogP contribution in [0.25, 0.3) is 11.3 Å². The number of hydrogen-bond donors (Lipinski definition) is 0. The summed E-state index contributed by atoms with van der Waals surface area (Å²) in [5.41, 5.74) is 6.67. The summed E-state index contributed by atoms with van der Waals surface area (Å²) in [5.74, 6) is 3.16. The predicted molar refractivity (Wildman–Crippen MR) is 146 cm³/mol. The Morgan fingerprint density at radius 1 is 0.750 bits per heavy atom. The molecule has 1 aromatic heterocycles. The molecule has 4 nitrogen and oxygen atoms in total. The molecule has 4 aromatic rings. The van der Waals surface area contributed by atoms with Crippen LogP contribution in [0, 0.1) is 6.92 Å². The van der Waals surface area contributed by atoms with Crippen LogP contribution in [0.3, 0.4) is 0 Å². The van der Waals surface area contributed by atoms with Crippen molar-refractivity contribution in [2.45, 2.75) is 60.2 Å². The van der Waals surface area contributed by atoms with Crippen LogP contribution >= 0.6 is 0 Å². The standard InChI is InChI=1S/C32H35NO3/c1-6-24-12-11-13-25(7-2)32(24)30-20-31(35-22(3)4)29(23(5)33-30)21-34-26-16-18-28(19-17-26)36-27-14-9-8-10-15-27/h8-20,22H,6-7,21H2,1-5H3. The third-order valence-electron chi connectivity index (χ3n) is 6.09. The van der Waals surface area contributed by atoms with E-state index >= 15 is 0 Å². The molecule has 4 rings (SSSR count). The Morgan fingerprint density at radius 2 is 1.36 bits per heavy atom. The van der Waals surface area contributed by atoms with Crippen molar-refractivity contribution >= 4 is 0 Å². The van der Waals surface area contributed by atoms with Crippen LogP contribution in [0.15, 0.2) is 78.9 Å². The lowest BCUT2D eigenvalue weighted by Gasteiger charge is -2.20. The van der Waals surface area contributed by atoms with Gasteiger partial charge < -0.3 is 14.2 Å². The highest BCUT2D eigenvalue weighted by Crippen LogP contribution is 2.34. The maximum Gasteiger partial charge on any atom is 0.130 e. The maximum absolute atomic E-state index is 6.27. The van der Waals surface area contributed by atoms with Crippen molar-refractivity contribution < 1.29 is 14.2 Å². The summed E-state index contributed by atoms with van der Waals surface area (Å²) in [6, 6.07) is 26.0. The Labute approximate surface area is 214 Å². The molecule has 0 radical (unpaired) electrons. The van der Waals surface area contributed by atoms with E-state index in [1.807, 2.05) is 75.4 Å². The van der Waals surface area contributed by atoms with Gasteiger partial charge in [-0.1, -0.05) is 50.2 Å². The van der Waals surface area contributed by atoms with Gasteiger partial charge in [0.1, 0.15) is 29.6 Å². The number of nitrogens with zero attached hydrogens (tertiary/aromatic N) is 1. The summed E-state index contributed by atoms with van der Waals surface area (Å²) < 4.78 is 18.3. The lowest BCUT2D eigenvalue weighted by molar-refractivity contribution is 0.229. The number of pyridine rings is 1. The minimum absolute atomic E-state index is 0.0416. The van der Waals surface area contributed by atoms with E-state index in [1.54, 1.807) is 0 Å². The summed E-state index contributed by atoms with van der Waals surface area (Å²) >= 11 is 0. The van der Waals surface area contributed by atoms with Crippen LogP contribution in [0.2, 0.25) is 0 Å². The number of aryl methyl sites for hydroxylation is 3. The van der Waals surface area contributed by atoms with E-state index in [4.69, 9.17) is 19.2 Å². The van der Waals surface area contributed by atoms with Gasteiger partial charge >= 0.3 is 0 Å². The summed E-state index contributed by atoms with van der Waals surface area (Å²) in [6.45, 7) is 10.9. The molecular weight excluding hydrogens is 446 g/mol. The van der Waals surface area contributed by atoms with Gasteiger partial charge in [-0.15, -0.1) is 0 Å². The molecule has 36 heavy (non-hydrogen) atoms. The number of para-hydroxylation sites is 1. The highest BCUT2D eigenvalue weighted by atomic mass is 16.5. The minimum atomic E-state index is 0.0416. The van der Waals surface area contributed by atoms with Gasteiger partial charge in [0.15, 0.2) is 0 Å². The van der Waals surface area contributed by atoms with E-state index in [0.717, 1.165) is 52.8 Å². The topological polar surface area (TPSA) is 40.6 Å². The molecule has 0 N–H and O–H groups in total. The van der Waals surface area contributed by atoms with Gasteiger partial charge in [0.2, 0.25) is 0 Å². The summed E-state index contributed by atoms with van der Waals surface area (Å²) in [7, 11) is 0. The first-order chi connectivity index (χ1) is 17.5. The molecule has 0 saturated carbocycles. The summed E-state index contributed by atoms with van der Waals surface area (Å²) in [4.78, 5) is 5.02. The van der Waals surface area contributed by atoms with Crippen molar-refractivity contribution in [2.24, 2.45) is 0 Å². The molecule has 0 saturated heterocycles. The minimum Gasteiger partial charge on any atom is -0.490 e. The lowest BCUT2D eigenvalue weighted by atomic mass is 9.94. The fraction of sp³-hybridized carbons (Fsp3) is 0.281. The van der Waals surface area contributed by atoms with Crippen LogP contribution in [-0.2, 0) is 19.4 Å². The zero-order valence-corrected chi connectivity index (χ0v) is 21.9. The van der Waals surface area contributed by atoms with Gasteiger partial charge in [0.05, 0.1) is 17.4 Å². The zero-order valence-electron chi connectivity index (χ0n) is 21.9. The summed E-state index contributed by atoms with van der Waals surface area (Å²) in [5, 5.41) is 0. The molecule has 0 aliphatic carbocycles. The maximum atomic E-state index is 6.27. The normalized spacial score (nSPS) is 10.9. The van der Waals surface area contributed by atoms with Gasteiger partial charge in [-0.25, -0.2) is 0 Å². The summed E-state index contributed by atoms with van der Waals surface area (Å²) in [6.07, 6.45) is 1.96. The van der Waals surface area contributed by atoms with Crippen LogP contribution in [-0.4, -0.2) is 11.1 Å². The molecule has 0 atom stereocenters. The van der Waals surface area contributed by atoms with Gasteiger partial charge in [0, 0.05) is 17.3 Å². The van der Waals surface area contributed by atoms with E-state index < -0.39 is 0 Å². The van der Waals surface area contributed by atoms with Gasteiger partial charge in [0.25, 0.3) is 0 Å². The quantitative estimate of drug-likeness (QED) is 0.228. The van der Waals surface area contributed by atoms with Crippen molar-refractivity contribution in [1.82, 2.24) is 4.98 Å². The largest absolute Gasteiger partial charge is 0.490 e. The molecule has 0 aliphatic rings. The molecule has 186 valence electrons. The Bertz CT molecular complexity index is 1260. The number of aromatic nitrogens is 1. The van der Waals surface area contributed by atoms with E-state index in [-0.39, 0.29) is 6.10 Å². The van der Waals surface area contributed by atoms with Crippen molar-refractivity contribution in [3.8, 4) is 34.3 Å². The highest BCUT2D eigenvalue weighted by molar-refractivity contribution is 5.70. The van der Waals surface area contributed by atoms with Crippen molar-refractivity contribution in [3.63, 3.8) is 0 Å². The average Bonchev–Trinajstić information content (AvgIpc) is 2.88. The third-order valence-corrected chi connectivity index (χ3v) is 6.09. The molecule has 1 heterocycles. The Hall–Kier alpha value is -3.79. The Balaban J connectivity index is 1.58. The Kier molecular flexibility index (Phi) is 8.27. The van der Waals surface area contributed by atoms with E-state index in [9.17, 15) is 0 Å². The van der Waals surface area contributed by atoms with Gasteiger partial charge in [-0.3, -0.25) is 4.98 Å². The monoisotopic (exact) mass is 481 g/mol. The number of benzene rings is 3. The lowest BCUT2D eigenvalue weighted by Crippen LogP contribution is -2.11. The molecule has 3 aromatic carbocycles. The van der Waals surface area contributed by atoms with Crippen LogP contribution < -0.4 is 14.2 Å².